The van der Waals surface area contributed by atoms with E-state index in [1.807, 2.05) is 37.3 Å². The number of nitrogens with zero attached hydrogens (tertiary/aromatic N) is 3. The first kappa shape index (κ1) is 17.9. The fourth-order valence-electron chi connectivity index (χ4n) is 3.02. The summed E-state index contributed by atoms with van der Waals surface area (Å²) in [6.45, 7) is 3.97. The van der Waals surface area contributed by atoms with E-state index in [-0.39, 0.29) is 17.4 Å². The van der Waals surface area contributed by atoms with Gasteiger partial charge in [-0.25, -0.2) is 13.9 Å². The summed E-state index contributed by atoms with van der Waals surface area (Å²) in [5.41, 5.74) is 5.10. The van der Waals surface area contributed by atoms with Crippen molar-refractivity contribution in [2.45, 2.75) is 20.3 Å². The normalized spacial score (nSPS) is 11.0. The van der Waals surface area contributed by atoms with Crippen LogP contribution in [0.4, 0.5) is 10.1 Å². The van der Waals surface area contributed by atoms with E-state index in [9.17, 15) is 9.18 Å². The maximum Gasteiger partial charge on any atom is 0.276 e. The predicted molar refractivity (Wildman–Crippen MR) is 107 cm³/mol. The van der Waals surface area contributed by atoms with Crippen molar-refractivity contribution in [3.05, 3.63) is 83.4 Å². The Bertz CT molecular complexity index is 1150. The molecular weight excluding hydrogens is 355 g/mol. The molecular formula is C22H19FN4O. The molecule has 2 aromatic carbocycles. The summed E-state index contributed by atoms with van der Waals surface area (Å²) in [7, 11) is 0. The maximum atomic E-state index is 13.2. The number of carbonyl (C=O) groups is 1. The third-order valence-electron chi connectivity index (χ3n) is 4.60. The first-order valence-electron chi connectivity index (χ1n) is 9.07. The Morgan fingerprint density at radius 1 is 1.07 bits per heavy atom. The van der Waals surface area contributed by atoms with Gasteiger partial charge in [0.2, 0.25) is 0 Å². The molecule has 0 fully saturated rings. The number of carbonyl (C=O) groups excluding carboxylic acids is 1. The van der Waals surface area contributed by atoms with E-state index in [0.717, 1.165) is 23.4 Å². The Morgan fingerprint density at radius 2 is 1.79 bits per heavy atom. The largest absolute Gasteiger partial charge is 0.321 e. The predicted octanol–water partition coefficient (Wildman–Crippen LogP) is 4.66. The number of fused-ring (bicyclic) bond motifs is 1. The summed E-state index contributed by atoms with van der Waals surface area (Å²) >= 11 is 0. The zero-order chi connectivity index (χ0) is 19.7. The molecule has 140 valence electrons. The monoisotopic (exact) mass is 374 g/mol. The van der Waals surface area contributed by atoms with Gasteiger partial charge in [0.05, 0.1) is 5.69 Å². The second kappa shape index (κ2) is 7.23. The van der Waals surface area contributed by atoms with E-state index in [1.165, 1.54) is 17.7 Å². The highest BCUT2D eigenvalue weighted by atomic mass is 19.1. The molecule has 0 aliphatic rings. The van der Waals surface area contributed by atoms with Crippen molar-refractivity contribution in [1.29, 1.82) is 0 Å². The molecule has 0 aliphatic heterocycles. The zero-order valence-electron chi connectivity index (χ0n) is 15.6. The number of hydrogen-bond acceptors (Lipinski definition) is 3. The maximum absolute atomic E-state index is 13.2. The molecule has 2 heterocycles. The smallest absolute Gasteiger partial charge is 0.276 e. The molecule has 4 aromatic rings. The van der Waals surface area contributed by atoms with E-state index >= 15 is 0 Å². The lowest BCUT2D eigenvalue weighted by molar-refractivity contribution is 0.102. The van der Waals surface area contributed by atoms with E-state index < -0.39 is 0 Å². The number of halogens is 1. The van der Waals surface area contributed by atoms with Crippen LogP contribution in [0.15, 0.2) is 60.7 Å². The highest BCUT2D eigenvalue weighted by Gasteiger charge is 2.14. The van der Waals surface area contributed by atoms with E-state index in [0.29, 0.717) is 11.3 Å². The lowest BCUT2D eigenvalue weighted by Crippen LogP contribution is -2.12. The van der Waals surface area contributed by atoms with Gasteiger partial charge in [-0.3, -0.25) is 4.79 Å². The van der Waals surface area contributed by atoms with Gasteiger partial charge in [-0.1, -0.05) is 19.1 Å². The van der Waals surface area contributed by atoms with Crippen LogP contribution in [0.5, 0.6) is 0 Å². The van der Waals surface area contributed by atoms with Gasteiger partial charge in [0.1, 0.15) is 5.82 Å². The topological polar surface area (TPSA) is 59.3 Å². The third kappa shape index (κ3) is 3.49. The second-order valence-corrected chi connectivity index (χ2v) is 6.59. The summed E-state index contributed by atoms with van der Waals surface area (Å²) < 4.78 is 14.8. The molecule has 0 aliphatic carbocycles. The Labute approximate surface area is 161 Å². The van der Waals surface area contributed by atoms with Gasteiger partial charge in [-0.15, -0.1) is 0 Å². The highest BCUT2D eigenvalue weighted by molar-refractivity contribution is 6.03. The molecule has 0 saturated carbocycles. The van der Waals surface area contributed by atoms with Crippen LogP contribution in [-0.2, 0) is 6.42 Å². The number of rotatable bonds is 4. The molecule has 2 aromatic heterocycles. The zero-order valence-corrected chi connectivity index (χ0v) is 15.6. The Balaban J connectivity index is 1.64. The van der Waals surface area contributed by atoms with Gasteiger partial charge >= 0.3 is 0 Å². The standard InChI is InChI=1S/C22H19FN4O/c1-3-15-4-10-18(11-5-15)24-22(28)20-13-21-25-19(12-14(2)27(21)26-20)16-6-8-17(23)9-7-16/h4-13H,3H2,1-2H3,(H,24,28). The molecule has 0 radical (unpaired) electrons. The van der Waals surface area contributed by atoms with Crippen molar-refractivity contribution in [2.24, 2.45) is 0 Å². The number of nitrogens with one attached hydrogen (secondary N) is 1. The van der Waals surface area contributed by atoms with Crippen molar-refractivity contribution in [3.8, 4) is 11.3 Å². The molecule has 0 unspecified atom stereocenters. The average molecular weight is 374 g/mol. The van der Waals surface area contributed by atoms with Crippen LogP contribution in [0, 0.1) is 12.7 Å². The van der Waals surface area contributed by atoms with Crippen molar-refractivity contribution in [2.75, 3.05) is 5.32 Å². The van der Waals surface area contributed by atoms with Crippen molar-refractivity contribution in [1.82, 2.24) is 14.6 Å². The molecule has 0 saturated heterocycles. The highest BCUT2D eigenvalue weighted by Crippen LogP contribution is 2.21. The SMILES string of the molecule is CCc1ccc(NC(=O)c2cc3nc(-c4ccc(F)cc4)cc(C)n3n2)cc1. The quantitative estimate of drug-likeness (QED) is 0.565. The third-order valence-corrected chi connectivity index (χ3v) is 4.60. The van der Waals surface area contributed by atoms with Gasteiger partial charge < -0.3 is 5.32 Å². The summed E-state index contributed by atoms with van der Waals surface area (Å²) in [5.74, 6) is -0.589. The van der Waals surface area contributed by atoms with Crippen LogP contribution in [0.25, 0.3) is 16.9 Å². The van der Waals surface area contributed by atoms with Crippen molar-refractivity contribution < 1.29 is 9.18 Å². The van der Waals surface area contributed by atoms with Gasteiger partial charge in [0.15, 0.2) is 11.3 Å². The number of aromatic nitrogens is 3. The minimum absolute atomic E-state index is 0.284. The number of hydrogen-bond donors (Lipinski definition) is 1. The summed E-state index contributed by atoms with van der Waals surface area (Å²) in [6, 6.07) is 17.4. The summed E-state index contributed by atoms with van der Waals surface area (Å²) in [6.07, 6.45) is 0.946. The fraction of sp³-hybridized carbons (Fsp3) is 0.136. The van der Waals surface area contributed by atoms with Gasteiger partial charge in [-0.2, -0.15) is 5.10 Å². The van der Waals surface area contributed by atoms with Gasteiger partial charge in [0, 0.05) is 23.0 Å². The molecule has 28 heavy (non-hydrogen) atoms. The second-order valence-electron chi connectivity index (χ2n) is 6.59. The lowest BCUT2D eigenvalue weighted by Gasteiger charge is -2.04. The molecule has 0 bridgehead atoms. The van der Waals surface area contributed by atoms with Crippen molar-refractivity contribution >= 4 is 17.2 Å². The van der Waals surface area contributed by atoms with Crippen LogP contribution in [0.2, 0.25) is 0 Å². The van der Waals surface area contributed by atoms with Crippen LogP contribution < -0.4 is 5.32 Å². The number of benzene rings is 2. The van der Waals surface area contributed by atoms with Crippen LogP contribution >= 0.6 is 0 Å². The Kier molecular flexibility index (Phi) is 4.61. The summed E-state index contributed by atoms with van der Waals surface area (Å²) in [4.78, 5) is 17.2. The molecule has 0 spiro atoms. The fourth-order valence-corrected chi connectivity index (χ4v) is 3.02. The van der Waals surface area contributed by atoms with Crippen LogP contribution in [0.3, 0.4) is 0 Å². The lowest BCUT2D eigenvalue weighted by atomic mass is 10.1. The van der Waals surface area contributed by atoms with Crippen LogP contribution in [-0.4, -0.2) is 20.5 Å². The average Bonchev–Trinajstić information content (AvgIpc) is 3.14. The number of amides is 1. The van der Waals surface area contributed by atoms with Gasteiger partial charge in [0.25, 0.3) is 5.91 Å². The van der Waals surface area contributed by atoms with Gasteiger partial charge in [-0.05, 0) is 61.4 Å². The van der Waals surface area contributed by atoms with Crippen LogP contribution in [0.1, 0.15) is 28.7 Å². The molecule has 0 atom stereocenters. The Hall–Kier alpha value is -3.54. The van der Waals surface area contributed by atoms with E-state index in [1.54, 1.807) is 22.7 Å². The number of anilines is 1. The Morgan fingerprint density at radius 3 is 2.46 bits per heavy atom. The molecule has 1 N–H and O–H groups in total. The molecule has 4 rings (SSSR count). The molecule has 1 amide bonds. The minimum Gasteiger partial charge on any atom is -0.321 e. The molecule has 5 nitrogen and oxygen atoms in total. The minimum atomic E-state index is -0.295. The summed E-state index contributed by atoms with van der Waals surface area (Å²) in [5, 5.41) is 7.23. The molecule has 6 heteroatoms. The van der Waals surface area contributed by atoms with E-state index in [2.05, 4.69) is 22.3 Å². The first-order valence-corrected chi connectivity index (χ1v) is 9.07. The van der Waals surface area contributed by atoms with Crippen molar-refractivity contribution in [3.63, 3.8) is 0 Å². The number of aryl methyl sites for hydroxylation is 2. The first-order chi connectivity index (χ1) is 13.5. The van der Waals surface area contributed by atoms with E-state index in [4.69, 9.17) is 0 Å².